The Bertz CT molecular complexity index is 649. The summed E-state index contributed by atoms with van der Waals surface area (Å²) in [7, 11) is 1.80. The molecular formula is C13H16N4O2. The summed E-state index contributed by atoms with van der Waals surface area (Å²) in [5.41, 5.74) is 1.55. The zero-order chi connectivity index (χ0) is 13.6. The van der Waals surface area contributed by atoms with Crippen LogP contribution in [0.25, 0.3) is 11.0 Å². The fraction of sp³-hybridized carbons (Fsp3) is 0.462. The van der Waals surface area contributed by atoms with Crippen LogP contribution in [0.3, 0.4) is 0 Å². The molecule has 0 aliphatic heterocycles. The van der Waals surface area contributed by atoms with Gasteiger partial charge >= 0.3 is 5.97 Å². The molecule has 0 aromatic carbocycles. The molecule has 2 N–H and O–H groups in total. The van der Waals surface area contributed by atoms with Gasteiger partial charge in [-0.25, -0.2) is 9.78 Å². The van der Waals surface area contributed by atoms with Crippen molar-refractivity contribution in [2.24, 2.45) is 13.0 Å². The summed E-state index contributed by atoms with van der Waals surface area (Å²) < 4.78 is 1.65. The van der Waals surface area contributed by atoms with Gasteiger partial charge in [0.15, 0.2) is 5.65 Å². The second-order valence-corrected chi connectivity index (χ2v) is 5.01. The number of fused-ring (bicyclic) bond motifs is 1. The number of nitrogens with one attached hydrogen (secondary N) is 1. The average molecular weight is 260 g/mol. The second-order valence-electron chi connectivity index (χ2n) is 5.01. The minimum atomic E-state index is -0.963. The van der Waals surface area contributed by atoms with Crippen molar-refractivity contribution < 1.29 is 9.90 Å². The van der Waals surface area contributed by atoms with E-state index in [4.69, 9.17) is 0 Å². The molecular weight excluding hydrogens is 244 g/mol. The van der Waals surface area contributed by atoms with Crippen molar-refractivity contribution in [1.82, 2.24) is 14.8 Å². The number of aromatic carboxylic acids is 1. The average Bonchev–Trinajstić information content (AvgIpc) is 3.04. The van der Waals surface area contributed by atoms with Crippen LogP contribution in [-0.2, 0) is 7.05 Å². The fourth-order valence-corrected chi connectivity index (χ4v) is 2.47. The number of hydrogen-bond donors (Lipinski definition) is 2. The summed E-state index contributed by atoms with van der Waals surface area (Å²) in [6.45, 7) is 2.15. The summed E-state index contributed by atoms with van der Waals surface area (Å²) in [4.78, 5) is 15.5. The maximum Gasteiger partial charge on any atom is 0.339 e. The zero-order valence-electron chi connectivity index (χ0n) is 10.9. The van der Waals surface area contributed by atoms with Crippen LogP contribution in [0.15, 0.2) is 12.4 Å². The number of aryl methyl sites for hydroxylation is 1. The lowest BCUT2D eigenvalue weighted by Crippen LogP contribution is -2.11. The number of carbonyl (C=O) groups is 1. The molecule has 1 aliphatic rings. The highest BCUT2D eigenvalue weighted by Crippen LogP contribution is 2.38. The van der Waals surface area contributed by atoms with E-state index in [0.29, 0.717) is 23.3 Å². The van der Waals surface area contributed by atoms with E-state index in [2.05, 4.69) is 22.3 Å². The lowest BCUT2D eigenvalue weighted by Gasteiger charge is -2.10. The van der Waals surface area contributed by atoms with E-state index < -0.39 is 5.97 Å². The van der Waals surface area contributed by atoms with Gasteiger partial charge in [-0.3, -0.25) is 4.68 Å². The van der Waals surface area contributed by atoms with Gasteiger partial charge in [0.2, 0.25) is 0 Å². The molecule has 2 atom stereocenters. The minimum Gasteiger partial charge on any atom is -0.478 e. The van der Waals surface area contributed by atoms with E-state index in [1.54, 1.807) is 17.9 Å². The molecule has 100 valence electrons. The standard InChI is InChI=1S/C13H16N4O2/c1-3-7-4-10(7)16-11-8-6-15-17(2)12(8)14-5-9(11)13(18)19/h5-7,10H,3-4H2,1-2H3,(H,14,16)(H,18,19). The van der Waals surface area contributed by atoms with E-state index in [1.165, 1.54) is 6.20 Å². The van der Waals surface area contributed by atoms with Crippen LogP contribution in [0.4, 0.5) is 5.69 Å². The largest absolute Gasteiger partial charge is 0.478 e. The third-order valence-electron chi connectivity index (χ3n) is 3.77. The molecule has 2 unspecified atom stereocenters. The van der Waals surface area contributed by atoms with Crippen molar-refractivity contribution in [3.63, 3.8) is 0 Å². The molecule has 2 heterocycles. The Balaban J connectivity index is 2.07. The van der Waals surface area contributed by atoms with Gasteiger partial charge in [-0.1, -0.05) is 13.3 Å². The summed E-state index contributed by atoms with van der Waals surface area (Å²) in [5, 5.41) is 17.5. The number of pyridine rings is 1. The molecule has 0 spiro atoms. The molecule has 1 saturated carbocycles. The van der Waals surface area contributed by atoms with Crippen molar-refractivity contribution in [2.75, 3.05) is 5.32 Å². The van der Waals surface area contributed by atoms with Gasteiger partial charge in [0.05, 0.1) is 17.3 Å². The van der Waals surface area contributed by atoms with Crippen molar-refractivity contribution in [3.05, 3.63) is 18.0 Å². The lowest BCUT2D eigenvalue weighted by molar-refractivity contribution is 0.0697. The smallest absolute Gasteiger partial charge is 0.339 e. The SMILES string of the molecule is CCC1CC1Nc1c(C(=O)O)cnc2c1cnn2C. The van der Waals surface area contributed by atoms with E-state index in [1.807, 2.05) is 0 Å². The molecule has 0 radical (unpaired) electrons. The molecule has 1 aliphatic carbocycles. The van der Waals surface area contributed by atoms with Gasteiger partial charge in [0.1, 0.15) is 5.56 Å². The molecule has 2 aromatic heterocycles. The number of anilines is 1. The third-order valence-corrected chi connectivity index (χ3v) is 3.77. The Hall–Kier alpha value is -2.11. The van der Waals surface area contributed by atoms with Crippen LogP contribution in [0.1, 0.15) is 30.1 Å². The van der Waals surface area contributed by atoms with Gasteiger partial charge in [-0.15, -0.1) is 0 Å². The molecule has 0 bridgehead atoms. The number of hydrogen-bond acceptors (Lipinski definition) is 4. The number of rotatable bonds is 4. The summed E-state index contributed by atoms with van der Waals surface area (Å²) >= 11 is 0. The Kier molecular flexibility index (Phi) is 2.66. The van der Waals surface area contributed by atoms with Crippen LogP contribution in [0.5, 0.6) is 0 Å². The monoisotopic (exact) mass is 260 g/mol. The molecule has 1 fully saturated rings. The maximum atomic E-state index is 11.3. The minimum absolute atomic E-state index is 0.210. The van der Waals surface area contributed by atoms with E-state index >= 15 is 0 Å². The summed E-state index contributed by atoms with van der Waals surface area (Å²) in [6.07, 6.45) is 5.28. The number of carboxylic acids is 1. The second kappa shape index (κ2) is 4.22. The Morgan fingerprint density at radius 1 is 1.58 bits per heavy atom. The third kappa shape index (κ3) is 1.93. The predicted molar refractivity (Wildman–Crippen MR) is 71.3 cm³/mol. The molecule has 19 heavy (non-hydrogen) atoms. The normalized spacial score (nSPS) is 21.6. The van der Waals surface area contributed by atoms with E-state index in [-0.39, 0.29) is 5.56 Å². The lowest BCUT2D eigenvalue weighted by atomic mass is 10.1. The first kappa shape index (κ1) is 12.0. The summed E-state index contributed by atoms with van der Waals surface area (Å²) in [6, 6.07) is 0.369. The first-order valence-electron chi connectivity index (χ1n) is 6.42. The fourth-order valence-electron chi connectivity index (χ4n) is 2.47. The molecule has 6 nitrogen and oxygen atoms in total. The number of aromatic nitrogens is 3. The van der Waals surface area contributed by atoms with Gasteiger partial charge in [0, 0.05) is 19.3 Å². The highest BCUT2D eigenvalue weighted by molar-refractivity contribution is 6.03. The maximum absolute atomic E-state index is 11.3. The Morgan fingerprint density at radius 3 is 3.00 bits per heavy atom. The van der Waals surface area contributed by atoms with Crippen molar-refractivity contribution in [1.29, 1.82) is 0 Å². The van der Waals surface area contributed by atoms with E-state index in [0.717, 1.165) is 18.2 Å². The van der Waals surface area contributed by atoms with Crippen LogP contribution >= 0.6 is 0 Å². The summed E-state index contributed by atoms with van der Waals surface area (Å²) in [5.74, 6) is -0.323. The molecule has 2 aromatic rings. The molecule has 3 rings (SSSR count). The predicted octanol–water partition coefficient (Wildman–Crippen LogP) is 1.88. The van der Waals surface area contributed by atoms with Crippen LogP contribution < -0.4 is 5.32 Å². The quantitative estimate of drug-likeness (QED) is 0.877. The van der Waals surface area contributed by atoms with Crippen molar-refractivity contribution >= 4 is 22.7 Å². The van der Waals surface area contributed by atoms with Gasteiger partial charge in [0.25, 0.3) is 0 Å². The molecule has 0 amide bonds. The van der Waals surface area contributed by atoms with Gasteiger partial charge < -0.3 is 10.4 Å². The first-order valence-corrected chi connectivity index (χ1v) is 6.42. The van der Waals surface area contributed by atoms with Crippen LogP contribution in [-0.4, -0.2) is 31.9 Å². The number of nitrogens with zero attached hydrogens (tertiary/aromatic N) is 3. The molecule has 6 heteroatoms. The van der Waals surface area contributed by atoms with Gasteiger partial charge in [-0.2, -0.15) is 5.10 Å². The van der Waals surface area contributed by atoms with Crippen LogP contribution in [0, 0.1) is 5.92 Å². The van der Waals surface area contributed by atoms with Crippen molar-refractivity contribution in [3.8, 4) is 0 Å². The Morgan fingerprint density at radius 2 is 2.37 bits per heavy atom. The molecule has 0 saturated heterocycles. The van der Waals surface area contributed by atoms with Crippen LogP contribution in [0.2, 0.25) is 0 Å². The van der Waals surface area contributed by atoms with E-state index in [9.17, 15) is 9.90 Å². The van der Waals surface area contributed by atoms with Crippen molar-refractivity contribution in [2.45, 2.75) is 25.8 Å². The van der Waals surface area contributed by atoms with Gasteiger partial charge in [-0.05, 0) is 12.3 Å². The highest BCUT2D eigenvalue weighted by Gasteiger charge is 2.36. The number of carboxylic acid groups (broad SMARTS) is 1. The zero-order valence-corrected chi connectivity index (χ0v) is 10.9. The Labute approximate surface area is 110 Å². The highest BCUT2D eigenvalue weighted by atomic mass is 16.4. The first-order chi connectivity index (χ1) is 9.11. The topological polar surface area (TPSA) is 80.0 Å².